The normalized spacial score (nSPS) is 11.8. The number of pyridine rings is 1. The maximum atomic E-state index is 12.9. The van der Waals surface area contributed by atoms with E-state index >= 15 is 0 Å². The Morgan fingerprint density at radius 3 is 2.44 bits per heavy atom. The molecule has 3 aromatic rings. The maximum absolute atomic E-state index is 12.9. The molecule has 0 atom stereocenters. The number of nitrogens with zero attached hydrogens (tertiary/aromatic N) is 4. The first-order valence-electron chi connectivity index (χ1n) is 9.93. The van der Waals surface area contributed by atoms with Gasteiger partial charge in [-0.05, 0) is 56.2 Å². The second-order valence-corrected chi connectivity index (χ2v) is 7.11. The fourth-order valence-electron chi connectivity index (χ4n) is 3.05. The molecule has 10 heteroatoms. The number of hydrogen-bond acceptors (Lipinski definition) is 3. The Morgan fingerprint density at radius 1 is 1.06 bits per heavy atom. The molecule has 6 nitrogen and oxygen atoms in total. The van der Waals surface area contributed by atoms with Crippen LogP contribution < -0.4 is 10.6 Å². The molecular weight excluding hydrogens is 532 g/mol. The lowest BCUT2D eigenvalue weighted by molar-refractivity contribution is -0.137. The summed E-state index contributed by atoms with van der Waals surface area (Å²) >= 11 is 0. The fraction of sp³-hybridized carbons (Fsp3) is 0.318. The molecule has 0 amide bonds. The molecular formula is C22H26F3IN6. The number of nitrogens with one attached hydrogen (secondary N) is 2. The zero-order valence-electron chi connectivity index (χ0n) is 18.1. The molecule has 0 aliphatic heterocycles. The Hall–Kier alpha value is -2.63. The average molecular weight is 558 g/mol. The molecule has 2 N–H and O–H groups in total. The van der Waals surface area contributed by atoms with Crippen molar-refractivity contribution in [3.05, 3.63) is 76.7 Å². The summed E-state index contributed by atoms with van der Waals surface area (Å²) in [5.41, 5.74) is 2.69. The van der Waals surface area contributed by atoms with Gasteiger partial charge in [0.1, 0.15) is 0 Å². The first kappa shape index (κ1) is 25.6. The Labute approximate surface area is 202 Å². The van der Waals surface area contributed by atoms with Gasteiger partial charge < -0.3 is 10.6 Å². The van der Waals surface area contributed by atoms with Crippen LogP contribution in [-0.4, -0.2) is 27.3 Å². The van der Waals surface area contributed by atoms with Crippen molar-refractivity contribution in [2.45, 2.75) is 40.0 Å². The summed E-state index contributed by atoms with van der Waals surface area (Å²) in [6.45, 7) is 7.06. The Kier molecular flexibility index (Phi) is 9.05. The van der Waals surface area contributed by atoms with E-state index in [9.17, 15) is 13.2 Å². The van der Waals surface area contributed by atoms with Gasteiger partial charge in [0.2, 0.25) is 0 Å². The van der Waals surface area contributed by atoms with Crippen LogP contribution in [0.25, 0.3) is 5.82 Å². The summed E-state index contributed by atoms with van der Waals surface area (Å²) in [5.74, 6) is 1.25. The van der Waals surface area contributed by atoms with Gasteiger partial charge in [0.05, 0.1) is 17.8 Å². The van der Waals surface area contributed by atoms with Crippen molar-refractivity contribution in [2.24, 2.45) is 4.99 Å². The number of halogens is 4. The molecule has 0 unspecified atom stereocenters. The largest absolute Gasteiger partial charge is 0.416 e. The van der Waals surface area contributed by atoms with Crippen LogP contribution in [0.1, 0.15) is 35.0 Å². The Balaban J connectivity index is 0.00000363. The van der Waals surface area contributed by atoms with Crippen molar-refractivity contribution < 1.29 is 13.2 Å². The van der Waals surface area contributed by atoms with E-state index in [0.717, 1.165) is 34.9 Å². The highest BCUT2D eigenvalue weighted by atomic mass is 127. The van der Waals surface area contributed by atoms with Crippen LogP contribution in [-0.2, 0) is 19.3 Å². The maximum Gasteiger partial charge on any atom is 0.416 e. The van der Waals surface area contributed by atoms with E-state index < -0.39 is 11.7 Å². The van der Waals surface area contributed by atoms with E-state index in [1.807, 2.05) is 39.0 Å². The summed E-state index contributed by atoms with van der Waals surface area (Å²) in [6.07, 6.45) is -2.62. The SMILES string of the molecule is CCNC(=NCc1ccc(-n2nc(C)cc2C)nc1)NCc1cccc(C(F)(F)F)c1.I. The van der Waals surface area contributed by atoms with E-state index in [1.165, 1.54) is 6.07 Å². The lowest BCUT2D eigenvalue weighted by Crippen LogP contribution is -2.36. The summed E-state index contributed by atoms with van der Waals surface area (Å²) in [4.78, 5) is 8.96. The Morgan fingerprint density at radius 2 is 1.84 bits per heavy atom. The van der Waals surface area contributed by atoms with Gasteiger partial charge in [0.25, 0.3) is 0 Å². The van der Waals surface area contributed by atoms with E-state index in [-0.39, 0.29) is 30.5 Å². The van der Waals surface area contributed by atoms with Crippen molar-refractivity contribution in [3.8, 4) is 5.82 Å². The van der Waals surface area contributed by atoms with Crippen molar-refractivity contribution in [1.29, 1.82) is 0 Å². The van der Waals surface area contributed by atoms with E-state index in [2.05, 4.69) is 25.7 Å². The van der Waals surface area contributed by atoms with Crippen LogP contribution >= 0.6 is 24.0 Å². The van der Waals surface area contributed by atoms with Gasteiger partial charge in [0.15, 0.2) is 11.8 Å². The molecule has 0 saturated heterocycles. The van der Waals surface area contributed by atoms with Crippen LogP contribution in [0.3, 0.4) is 0 Å². The lowest BCUT2D eigenvalue weighted by atomic mass is 10.1. The fourth-order valence-corrected chi connectivity index (χ4v) is 3.05. The first-order chi connectivity index (χ1) is 14.8. The van der Waals surface area contributed by atoms with Gasteiger partial charge in [0, 0.05) is 25.0 Å². The lowest BCUT2D eigenvalue weighted by Gasteiger charge is -2.13. The van der Waals surface area contributed by atoms with E-state index in [4.69, 9.17) is 0 Å². The van der Waals surface area contributed by atoms with Crippen molar-refractivity contribution in [2.75, 3.05) is 6.54 Å². The molecule has 1 aromatic carbocycles. The van der Waals surface area contributed by atoms with Crippen LogP contribution in [0.15, 0.2) is 53.7 Å². The molecule has 0 saturated carbocycles. The predicted octanol–water partition coefficient (Wildman–Crippen LogP) is 4.78. The molecule has 0 spiro atoms. The van der Waals surface area contributed by atoms with Crippen molar-refractivity contribution in [3.63, 3.8) is 0 Å². The van der Waals surface area contributed by atoms with Crippen LogP contribution in [0.4, 0.5) is 13.2 Å². The predicted molar refractivity (Wildman–Crippen MR) is 129 cm³/mol. The third-order valence-corrected chi connectivity index (χ3v) is 4.51. The molecule has 172 valence electrons. The number of aromatic nitrogens is 3. The van der Waals surface area contributed by atoms with Crippen LogP contribution in [0, 0.1) is 13.8 Å². The minimum absolute atomic E-state index is 0. The van der Waals surface area contributed by atoms with Gasteiger partial charge in [-0.2, -0.15) is 18.3 Å². The number of guanidine groups is 1. The highest BCUT2D eigenvalue weighted by molar-refractivity contribution is 14.0. The quantitative estimate of drug-likeness (QED) is 0.260. The molecule has 0 radical (unpaired) electrons. The van der Waals surface area contributed by atoms with Gasteiger partial charge in [-0.1, -0.05) is 18.2 Å². The smallest absolute Gasteiger partial charge is 0.357 e. The Bertz CT molecular complexity index is 1040. The van der Waals surface area contributed by atoms with Gasteiger partial charge >= 0.3 is 6.18 Å². The number of benzene rings is 1. The highest BCUT2D eigenvalue weighted by Crippen LogP contribution is 2.29. The van der Waals surface area contributed by atoms with Crippen molar-refractivity contribution in [1.82, 2.24) is 25.4 Å². The van der Waals surface area contributed by atoms with Crippen molar-refractivity contribution >= 4 is 29.9 Å². The third kappa shape index (κ3) is 6.94. The second kappa shape index (κ2) is 11.3. The molecule has 0 fully saturated rings. The number of hydrogen-bond donors (Lipinski definition) is 2. The van der Waals surface area contributed by atoms with Gasteiger partial charge in [-0.25, -0.2) is 14.7 Å². The van der Waals surface area contributed by atoms with E-state index in [0.29, 0.717) is 24.6 Å². The summed E-state index contributed by atoms with van der Waals surface area (Å²) < 4.78 is 40.4. The topological polar surface area (TPSA) is 67.1 Å². The summed E-state index contributed by atoms with van der Waals surface area (Å²) in [6, 6.07) is 11.0. The molecule has 3 rings (SSSR count). The number of aryl methyl sites for hydroxylation is 2. The minimum Gasteiger partial charge on any atom is -0.357 e. The van der Waals surface area contributed by atoms with Gasteiger partial charge in [-0.3, -0.25) is 0 Å². The van der Waals surface area contributed by atoms with Gasteiger partial charge in [-0.15, -0.1) is 24.0 Å². The zero-order valence-corrected chi connectivity index (χ0v) is 20.4. The zero-order chi connectivity index (χ0) is 22.4. The number of aliphatic imine (C=N–C) groups is 1. The molecule has 32 heavy (non-hydrogen) atoms. The second-order valence-electron chi connectivity index (χ2n) is 7.11. The molecule has 0 aliphatic rings. The average Bonchev–Trinajstić information content (AvgIpc) is 3.08. The van der Waals surface area contributed by atoms with Crippen LogP contribution in [0.2, 0.25) is 0 Å². The minimum atomic E-state index is -4.36. The van der Waals surface area contributed by atoms with Crippen LogP contribution in [0.5, 0.6) is 0 Å². The molecule has 2 aromatic heterocycles. The number of rotatable bonds is 6. The summed E-state index contributed by atoms with van der Waals surface area (Å²) in [5, 5.41) is 10.6. The highest BCUT2D eigenvalue weighted by Gasteiger charge is 2.30. The first-order valence-corrected chi connectivity index (χ1v) is 9.93. The molecule has 2 heterocycles. The summed E-state index contributed by atoms with van der Waals surface area (Å²) in [7, 11) is 0. The third-order valence-electron chi connectivity index (χ3n) is 4.51. The molecule has 0 bridgehead atoms. The number of alkyl halides is 3. The molecule has 0 aliphatic carbocycles. The monoisotopic (exact) mass is 558 g/mol. The standard InChI is InChI=1S/C22H25F3N6.HI/c1-4-26-21(28-12-17-6-5-7-19(11-17)22(23,24)25)29-14-18-8-9-20(27-13-18)31-16(3)10-15(2)30-31;/h5-11,13H,4,12,14H2,1-3H3,(H2,26,28,29);1H. The van der Waals surface area contributed by atoms with E-state index in [1.54, 1.807) is 16.9 Å².